The molecule has 0 saturated heterocycles. The maximum Gasteiger partial charge on any atom is 0.199 e. The number of benzene rings is 5. The van der Waals surface area contributed by atoms with E-state index in [1.54, 1.807) is 0 Å². The third-order valence-corrected chi connectivity index (χ3v) is 6.90. The molecule has 0 bridgehead atoms. The molecule has 0 fully saturated rings. The van der Waals surface area contributed by atoms with Gasteiger partial charge in [-0.05, 0) is 60.7 Å². The zero-order valence-corrected chi connectivity index (χ0v) is 19.3. The zero-order chi connectivity index (χ0) is 24.2. The van der Waals surface area contributed by atoms with Crippen LogP contribution < -0.4 is 10.9 Å². The van der Waals surface area contributed by atoms with E-state index in [-0.39, 0.29) is 10.9 Å². The van der Waals surface area contributed by atoms with Crippen LogP contribution in [0, 0.1) is 0 Å². The molecule has 36 heavy (non-hydrogen) atoms. The Morgan fingerprint density at radius 2 is 0.889 bits per heavy atom. The normalized spacial score (nSPS) is 11.6. The molecule has 0 N–H and O–H groups in total. The Kier molecular flexibility index (Phi) is 4.42. The highest BCUT2D eigenvalue weighted by Gasteiger charge is 2.20. The molecule has 170 valence electrons. The van der Waals surface area contributed by atoms with Crippen LogP contribution in [-0.2, 0) is 0 Å². The van der Waals surface area contributed by atoms with Crippen molar-refractivity contribution in [2.24, 2.45) is 0 Å². The Morgan fingerprint density at radius 3 is 1.53 bits per heavy atom. The van der Waals surface area contributed by atoms with Crippen LogP contribution in [0.2, 0.25) is 0 Å². The first kappa shape index (κ1) is 20.4. The zero-order valence-electron chi connectivity index (χ0n) is 19.3. The molecule has 5 aromatic carbocycles. The molecule has 0 spiro atoms. The van der Waals surface area contributed by atoms with E-state index in [1.165, 1.54) is 0 Å². The number of aromatic nitrogens is 2. The van der Waals surface area contributed by atoms with Crippen molar-refractivity contribution in [1.82, 2.24) is 9.13 Å². The van der Waals surface area contributed by atoms with Crippen molar-refractivity contribution < 1.29 is 0 Å². The second-order valence-electron chi connectivity index (χ2n) is 8.89. The smallest absolute Gasteiger partial charge is 0.199 e. The fourth-order valence-corrected chi connectivity index (χ4v) is 5.36. The summed E-state index contributed by atoms with van der Waals surface area (Å²) in [6.07, 6.45) is 0. The van der Waals surface area contributed by atoms with Crippen LogP contribution in [0.25, 0.3) is 55.0 Å². The first-order valence-corrected chi connectivity index (χ1v) is 11.9. The lowest BCUT2D eigenvalue weighted by Gasteiger charge is -2.20. The minimum Gasteiger partial charge on any atom is -0.309 e. The topological polar surface area (TPSA) is 44.0 Å². The summed E-state index contributed by atoms with van der Waals surface area (Å²) in [7, 11) is 0. The van der Waals surface area contributed by atoms with Gasteiger partial charge in [-0.25, -0.2) is 0 Å². The fourth-order valence-electron chi connectivity index (χ4n) is 5.36. The van der Waals surface area contributed by atoms with Crippen LogP contribution in [0.5, 0.6) is 0 Å². The van der Waals surface area contributed by atoms with Gasteiger partial charge in [0.1, 0.15) is 0 Å². The van der Waals surface area contributed by atoms with Crippen molar-refractivity contribution in [1.29, 1.82) is 0 Å². The lowest BCUT2D eigenvalue weighted by molar-refractivity contribution is 1.15. The van der Waals surface area contributed by atoms with Gasteiger partial charge in [0, 0.05) is 27.5 Å². The van der Waals surface area contributed by atoms with Crippen LogP contribution in [0.15, 0.2) is 131 Å². The van der Waals surface area contributed by atoms with Crippen molar-refractivity contribution in [2.75, 3.05) is 0 Å². The summed E-state index contributed by atoms with van der Waals surface area (Å²) < 4.78 is 4.17. The number of rotatable bonds is 2. The van der Waals surface area contributed by atoms with Gasteiger partial charge < -0.3 is 9.13 Å². The number of fused-ring (bicyclic) bond motifs is 5. The number of hydrogen-bond donors (Lipinski definition) is 0. The van der Waals surface area contributed by atoms with Crippen molar-refractivity contribution in [3.8, 4) is 11.4 Å². The second kappa shape index (κ2) is 7.79. The average molecular weight is 465 g/mol. The van der Waals surface area contributed by atoms with E-state index in [9.17, 15) is 9.59 Å². The molecule has 0 saturated carbocycles. The molecule has 7 rings (SSSR count). The van der Waals surface area contributed by atoms with E-state index in [0.717, 1.165) is 27.9 Å². The van der Waals surface area contributed by atoms with Crippen molar-refractivity contribution >= 4 is 43.6 Å². The first-order valence-electron chi connectivity index (χ1n) is 11.9. The molecule has 7 aromatic rings. The molecule has 0 amide bonds. The number of nitrogens with zero attached hydrogens (tertiary/aromatic N) is 2. The minimum atomic E-state index is -0.0854. The third kappa shape index (κ3) is 2.82. The third-order valence-electron chi connectivity index (χ3n) is 6.90. The standard InChI is InChI=1S/C32H20N2O2/c35-31-23-15-7-10-18-27(23)34(22-13-5-2-6-14-22)30-25(31)19-20-28-29(30)32(36)24-16-8-9-17-26(24)33(28)21-11-3-1-4-12-21/h1-20H. The molecule has 2 heterocycles. The monoisotopic (exact) mass is 464 g/mol. The average Bonchev–Trinajstić information content (AvgIpc) is 2.94. The lowest BCUT2D eigenvalue weighted by atomic mass is 10.0. The highest BCUT2D eigenvalue weighted by molar-refractivity contribution is 6.12. The molecular formula is C32H20N2O2. The molecule has 4 heteroatoms. The van der Waals surface area contributed by atoms with Crippen LogP contribution in [0.1, 0.15) is 0 Å². The van der Waals surface area contributed by atoms with Crippen LogP contribution in [0.3, 0.4) is 0 Å². The summed E-state index contributed by atoms with van der Waals surface area (Å²) >= 11 is 0. The summed E-state index contributed by atoms with van der Waals surface area (Å²) in [4.78, 5) is 27.9. The highest BCUT2D eigenvalue weighted by atomic mass is 16.1. The predicted molar refractivity (Wildman–Crippen MR) is 148 cm³/mol. The number of hydrogen-bond acceptors (Lipinski definition) is 2. The Balaban J connectivity index is 1.84. The largest absolute Gasteiger partial charge is 0.309 e. The van der Waals surface area contributed by atoms with E-state index >= 15 is 0 Å². The van der Waals surface area contributed by atoms with E-state index in [2.05, 4.69) is 9.13 Å². The van der Waals surface area contributed by atoms with E-state index in [0.29, 0.717) is 27.1 Å². The van der Waals surface area contributed by atoms with Crippen molar-refractivity contribution in [2.45, 2.75) is 0 Å². The Bertz CT molecular complexity index is 2070. The molecule has 0 aliphatic heterocycles. The quantitative estimate of drug-likeness (QED) is 0.214. The van der Waals surface area contributed by atoms with Crippen LogP contribution >= 0.6 is 0 Å². The Labute approximate surface area is 205 Å². The predicted octanol–water partition coefficient (Wildman–Crippen LogP) is 6.60. The maximum absolute atomic E-state index is 14.2. The molecule has 0 atom stereocenters. The molecule has 2 aromatic heterocycles. The van der Waals surface area contributed by atoms with Crippen molar-refractivity contribution in [3.05, 3.63) is 142 Å². The van der Waals surface area contributed by atoms with Gasteiger partial charge in [-0.3, -0.25) is 9.59 Å². The van der Waals surface area contributed by atoms with E-state index in [4.69, 9.17) is 0 Å². The summed E-state index contributed by atoms with van der Waals surface area (Å²) in [5, 5.41) is 2.29. The summed E-state index contributed by atoms with van der Waals surface area (Å²) in [5.41, 5.74) is 4.67. The van der Waals surface area contributed by atoms with Crippen LogP contribution in [0.4, 0.5) is 0 Å². The minimum absolute atomic E-state index is 0.0755. The van der Waals surface area contributed by atoms with Gasteiger partial charge in [-0.1, -0.05) is 60.7 Å². The SMILES string of the molecule is O=c1c2ccccc2n(-c2ccccc2)c2c1ccc1c2c(=O)c2ccccc2n1-c1ccccc1. The van der Waals surface area contributed by atoms with Crippen molar-refractivity contribution in [3.63, 3.8) is 0 Å². The number of para-hydroxylation sites is 4. The first-order chi connectivity index (χ1) is 17.7. The van der Waals surface area contributed by atoms with Gasteiger partial charge in [-0.2, -0.15) is 0 Å². The van der Waals surface area contributed by atoms with E-state index < -0.39 is 0 Å². The Morgan fingerprint density at radius 1 is 0.389 bits per heavy atom. The Hall–Kier alpha value is -4.96. The number of pyridine rings is 2. The van der Waals surface area contributed by atoms with E-state index in [1.807, 2.05) is 121 Å². The molecule has 0 aliphatic rings. The fraction of sp³-hybridized carbons (Fsp3) is 0. The molecular weight excluding hydrogens is 444 g/mol. The lowest BCUT2D eigenvalue weighted by Crippen LogP contribution is -2.16. The molecule has 4 nitrogen and oxygen atoms in total. The summed E-state index contributed by atoms with van der Waals surface area (Å²) in [6.45, 7) is 0. The van der Waals surface area contributed by atoms with Gasteiger partial charge in [-0.15, -0.1) is 0 Å². The molecule has 0 aliphatic carbocycles. The summed E-state index contributed by atoms with van der Waals surface area (Å²) in [6, 6.07) is 39.0. The summed E-state index contributed by atoms with van der Waals surface area (Å²) in [5.74, 6) is 0. The van der Waals surface area contributed by atoms with Crippen LogP contribution in [-0.4, -0.2) is 9.13 Å². The molecule has 0 unspecified atom stereocenters. The van der Waals surface area contributed by atoms with Gasteiger partial charge in [0.25, 0.3) is 0 Å². The van der Waals surface area contributed by atoms with Gasteiger partial charge in [0.05, 0.1) is 27.5 Å². The van der Waals surface area contributed by atoms with Gasteiger partial charge >= 0.3 is 0 Å². The van der Waals surface area contributed by atoms with Gasteiger partial charge in [0.2, 0.25) is 0 Å². The highest BCUT2D eigenvalue weighted by Crippen LogP contribution is 2.31. The molecule has 0 radical (unpaired) electrons. The second-order valence-corrected chi connectivity index (χ2v) is 8.89. The van der Waals surface area contributed by atoms with Gasteiger partial charge in [0.15, 0.2) is 10.9 Å². The maximum atomic E-state index is 14.2.